The monoisotopic (exact) mass is 368 g/mol. The van der Waals surface area contributed by atoms with Crippen molar-refractivity contribution in [3.63, 3.8) is 0 Å². The molecule has 1 saturated heterocycles. The molecule has 2 amide bonds. The summed E-state index contributed by atoms with van der Waals surface area (Å²) in [6.07, 6.45) is 1.67. The number of hydrogen-bond acceptors (Lipinski definition) is 5. The van der Waals surface area contributed by atoms with Gasteiger partial charge in [-0.1, -0.05) is 0 Å². The van der Waals surface area contributed by atoms with E-state index in [0.29, 0.717) is 31.1 Å². The first-order valence-electron chi connectivity index (χ1n) is 6.80. The van der Waals surface area contributed by atoms with Gasteiger partial charge in [-0.15, -0.1) is 36.2 Å². The van der Waals surface area contributed by atoms with Crippen molar-refractivity contribution in [1.29, 1.82) is 0 Å². The second kappa shape index (κ2) is 9.99. The molecule has 3 N–H and O–H groups in total. The van der Waals surface area contributed by atoms with Gasteiger partial charge in [-0.25, -0.2) is 4.98 Å². The molecule has 22 heavy (non-hydrogen) atoms. The number of nitrogens with two attached hydrogens (primary N) is 1. The first kappa shape index (κ1) is 21.1. The van der Waals surface area contributed by atoms with E-state index in [4.69, 9.17) is 5.73 Å². The van der Waals surface area contributed by atoms with E-state index < -0.39 is 0 Å². The van der Waals surface area contributed by atoms with Crippen molar-refractivity contribution < 1.29 is 9.59 Å². The zero-order valence-corrected chi connectivity index (χ0v) is 14.9. The number of aromatic nitrogens is 1. The summed E-state index contributed by atoms with van der Waals surface area (Å²) in [4.78, 5) is 30.9. The first-order chi connectivity index (χ1) is 9.63. The topological polar surface area (TPSA) is 88.3 Å². The molecule has 2 heterocycles. The lowest BCUT2D eigenvalue weighted by Gasteiger charge is -2.31. The summed E-state index contributed by atoms with van der Waals surface area (Å²) in [6, 6.07) is 0. The fourth-order valence-electron chi connectivity index (χ4n) is 2.37. The third kappa shape index (κ3) is 5.08. The molecule has 1 aliphatic rings. The third-order valence-corrected chi connectivity index (χ3v) is 4.38. The Kier molecular flexibility index (Phi) is 9.59. The number of aryl methyl sites for hydroxylation is 1. The van der Waals surface area contributed by atoms with Crippen LogP contribution in [0.4, 0.5) is 0 Å². The normalized spacial score (nSPS) is 17.2. The predicted octanol–water partition coefficient (Wildman–Crippen LogP) is 1.22. The SMILES string of the molecule is Cc1ncsc1C(=O)N1CCCC(C(=O)NCCN)C1.Cl.Cl. The van der Waals surface area contributed by atoms with Crippen molar-refractivity contribution in [2.24, 2.45) is 11.7 Å². The number of piperidine rings is 1. The Hall–Kier alpha value is -0.890. The quantitative estimate of drug-likeness (QED) is 0.835. The van der Waals surface area contributed by atoms with E-state index in [2.05, 4.69) is 10.3 Å². The Balaban J connectivity index is 0.00000220. The molecular formula is C13H22Cl2N4O2S. The molecule has 6 nitrogen and oxygen atoms in total. The van der Waals surface area contributed by atoms with E-state index >= 15 is 0 Å². The molecule has 1 aromatic rings. The fraction of sp³-hybridized carbons (Fsp3) is 0.615. The molecule has 126 valence electrons. The Labute approximate surface area is 146 Å². The molecule has 1 fully saturated rings. The van der Waals surface area contributed by atoms with Crippen LogP contribution in [0.25, 0.3) is 0 Å². The van der Waals surface area contributed by atoms with Gasteiger partial charge in [0.15, 0.2) is 0 Å². The van der Waals surface area contributed by atoms with Crippen LogP contribution in [0.5, 0.6) is 0 Å². The molecule has 0 radical (unpaired) electrons. The van der Waals surface area contributed by atoms with Crippen molar-refractivity contribution >= 4 is 48.0 Å². The number of amides is 2. The van der Waals surface area contributed by atoms with Gasteiger partial charge in [-0.3, -0.25) is 9.59 Å². The number of nitrogens with one attached hydrogen (secondary N) is 1. The maximum absolute atomic E-state index is 12.4. The molecule has 9 heteroatoms. The summed E-state index contributed by atoms with van der Waals surface area (Å²) in [5.74, 6) is -0.150. The van der Waals surface area contributed by atoms with E-state index in [0.717, 1.165) is 18.5 Å². The van der Waals surface area contributed by atoms with Crippen molar-refractivity contribution in [3.05, 3.63) is 16.1 Å². The van der Waals surface area contributed by atoms with Gasteiger partial charge in [0.25, 0.3) is 5.91 Å². The number of nitrogens with zero attached hydrogens (tertiary/aromatic N) is 2. The molecule has 0 aromatic carbocycles. The van der Waals surface area contributed by atoms with E-state index in [9.17, 15) is 9.59 Å². The van der Waals surface area contributed by atoms with Gasteiger partial charge in [0.05, 0.1) is 17.1 Å². The molecule has 0 spiro atoms. The van der Waals surface area contributed by atoms with Gasteiger partial charge in [-0.2, -0.15) is 0 Å². The molecule has 1 aliphatic heterocycles. The van der Waals surface area contributed by atoms with Crippen LogP contribution in [0, 0.1) is 12.8 Å². The van der Waals surface area contributed by atoms with Crippen LogP contribution in [0.2, 0.25) is 0 Å². The van der Waals surface area contributed by atoms with Gasteiger partial charge >= 0.3 is 0 Å². The Morgan fingerprint density at radius 1 is 1.50 bits per heavy atom. The predicted molar refractivity (Wildman–Crippen MR) is 92.0 cm³/mol. The lowest BCUT2D eigenvalue weighted by atomic mass is 9.97. The summed E-state index contributed by atoms with van der Waals surface area (Å²) in [7, 11) is 0. The minimum atomic E-state index is -0.132. The second-order valence-corrected chi connectivity index (χ2v) is 5.79. The number of rotatable bonds is 4. The molecule has 1 unspecified atom stereocenters. The summed E-state index contributed by atoms with van der Waals surface area (Å²) < 4.78 is 0. The minimum Gasteiger partial charge on any atom is -0.355 e. The highest BCUT2D eigenvalue weighted by molar-refractivity contribution is 7.11. The number of hydrogen-bond donors (Lipinski definition) is 2. The standard InChI is InChI=1S/C13H20N4O2S.2ClH/c1-9-11(20-8-16-9)13(19)17-6-2-3-10(7-17)12(18)15-5-4-14;;/h8,10H,2-7,14H2,1H3,(H,15,18);2*1H. The van der Waals surface area contributed by atoms with Crippen LogP contribution in [-0.2, 0) is 4.79 Å². The summed E-state index contributed by atoms with van der Waals surface area (Å²) in [5, 5.41) is 2.80. The lowest BCUT2D eigenvalue weighted by molar-refractivity contribution is -0.126. The van der Waals surface area contributed by atoms with Gasteiger partial charge in [0.2, 0.25) is 5.91 Å². The lowest BCUT2D eigenvalue weighted by Crippen LogP contribution is -2.46. The van der Waals surface area contributed by atoms with Crippen LogP contribution in [0.15, 0.2) is 5.51 Å². The number of likely N-dealkylation sites (tertiary alicyclic amines) is 1. The zero-order valence-electron chi connectivity index (χ0n) is 12.4. The smallest absolute Gasteiger partial charge is 0.265 e. The van der Waals surface area contributed by atoms with Crippen molar-refractivity contribution in [2.75, 3.05) is 26.2 Å². The highest BCUT2D eigenvalue weighted by atomic mass is 35.5. The average Bonchev–Trinajstić information content (AvgIpc) is 2.90. The van der Waals surface area contributed by atoms with E-state index in [1.54, 1.807) is 10.4 Å². The number of carbonyl (C=O) groups is 2. The highest BCUT2D eigenvalue weighted by Crippen LogP contribution is 2.21. The molecular weight excluding hydrogens is 347 g/mol. The average molecular weight is 369 g/mol. The molecule has 2 rings (SSSR count). The number of halogens is 2. The third-order valence-electron chi connectivity index (χ3n) is 3.46. The van der Waals surface area contributed by atoms with Gasteiger partial charge in [0, 0.05) is 26.2 Å². The molecule has 0 aliphatic carbocycles. The first-order valence-corrected chi connectivity index (χ1v) is 7.68. The van der Waals surface area contributed by atoms with Crippen LogP contribution >= 0.6 is 36.2 Å². The van der Waals surface area contributed by atoms with E-state index in [-0.39, 0.29) is 42.5 Å². The minimum absolute atomic E-state index is 0. The molecule has 0 bridgehead atoms. The fourth-order valence-corrected chi connectivity index (χ4v) is 3.14. The highest BCUT2D eigenvalue weighted by Gasteiger charge is 2.29. The van der Waals surface area contributed by atoms with Crippen molar-refractivity contribution in [1.82, 2.24) is 15.2 Å². The Morgan fingerprint density at radius 3 is 2.82 bits per heavy atom. The van der Waals surface area contributed by atoms with Gasteiger partial charge < -0.3 is 16.0 Å². The Morgan fingerprint density at radius 2 is 2.23 bits per heavy atom. The van der Waals surface area contributed by atoms with Crippen LogP contribution in [-0.4, -0.2) is 47.9 Å². The number of thiazole rings is 1. The van der Waals surface area contributed by atoms with Crippen LogP contribution < -0.4 is 11.1 Å². The maximum atomic E-state index is 12.4. The zero-order chi connectivity index (χ0) is 14.5. The van der Waals surface area contributed by atoms with Crippen molar-refractivity contribution in [2.45, 2.75) is 19.8 Å². The van der Waals surface area contributed by atoms with E-state index in [1.807, 2.05) is 6.92 Å². The van der Waals surface area contributed by atoms with Gasteiger partial charge in [0.1, 0.15) is 4.88 Å². The van der Waals surface area contributed by atoms with Crippen molar-refractivity contribution in [3.8, 4) is 0 Å². The number of carbonyl (C=O) groups excluding carboxylic acids is 2. The van der Waals surface area contributed by atoms with Gasteiger partial charge in [-0.05, 0) is 19.8 Å². The largest absolute Gasteiger partial charge is 0.355 e. The maximum Gasteiger partial charge on any atom is 0.265 e. The second-order valence-electron chi connectivity index (χ2n) is 4.94. The van der Waals surface area contributed by atoms with Crippen LogP contribution in [0.3, 0.4) is 0 Å². The molecule has 1 aromatic heterocycles. The molecule has 1 atom stereocenters. The Bertz CT molecular complexity index is 498. The van der Waals surface area contributed by atoms with E-state index in [1.165, 1.54) is 11.3 Å². The van der Waals surface area contributed by atoms with Crippen LogP contribution in [0.1, 0.15) is 28.2 Å². The summed E-state index contributed by atoms with van der Waals surface area (Å²) in [5.41, 5.74) is 7.82. The summed E-state index contributed by atoms with van der Waals surface area (Å²) >= 11 is 1.36. The summed E-state index contributed by atoms with van der Waals surface area (Å²) in [6.45, 7) is 3.93. The molecule has 0 saturated carbocycles.